The Balaban J connectivity index is 1.50. The summed E-state index contributed by atoms with van der Waals surface area (Å²) in [4.78, 5) is 11.7. The molecule has 0 aliphatic carbocycles. The molecule has 3 heterocycles. The van der Waals surface area contributed by atoms with Gasteiger partial charge in [0.05, 0.1) is 18.1 Å². The van der Waals surface area contributed by atoms with Gasteiger partial charge in [-0.25, -0.2) is 4.98 Å². The highest BCUT2D eigenvalue weighted by molar-refractivity contribution is 5.59. The van der Waals surface area contributed by atoms with Crippen LogP contribution in [0.3, 0.4) is 0 Å². The van der Waals surface area contributed by atoms with Crippen LogP contribution in [0.2, 0.25) is 0 Å². The molecule has 0 spiro atoms. The quantitative estimate of drug-likeness (QED) is 0.944. The lowest BCUT2D eigenvalue weighted by Crippen LogP contribution is -2.44. The molecule has 2 unspecified atom stereocenters. The summed E-state index contributed by atoms with van der Waals surface area (Å²) in [6, 6.07) is 12.2. The number of hydrogen-bond donors (Lipinski definition) is 1. The smallest absolute Gasteiger partial charge is 0.145 e. The summed E-state index contributed by atoms with van der Waals surface area (Å²) in [5.41, 5.74) is 2.04. The maximum atomic E-state index is 4.74. The molecule has 114 valence electrons. The fourth-order valence-electron chi connectivity index (χ4n) is 3.92. The van der Waals surface area contributed by atoms with Crippen LogP contribution in [0.25, 0.3) is 11.3 Å². The van der Waals surface area contributed by atoms with Crippen molar-refractivity contribution in [3.05, 3.63) is 42.7 Å². The van der Waals surface area contributed by atoms with Gasteiger partial charge in [-0.2, -0.15) is 0 Å². The van der Waals surface area contributed by atoms with Crippen LogP contribution in [-0.4, -0.2) is 40.0 Å². The van der Waals surface area contributed by atoms with E-state index in [-0.39, 0.29) is 0 Å². The molecule has 0 radical (unpaired) electrons. The van der Waals surface area contributed by atoms with Crippen molar-refractivity contribution in [1.82, 2.24) is 14.9 Å². The lowest BCUT2D eigenvalue weighted by molar-refractivity contribution is 0.169. The molecule has 2 saturated heterocycles. The minimum atomic E-state index is 0.522. The Morgan fingerprint density at radius 2 is 1.77 bits per heavy atom. The van der Waals surface area contributed by atoms with Gasteiger partial charge in [0.25, 0.3) is 0 Å². The summed E-state index contributed by atoms with van der Waals surface area (Å²) in [7, 11) is 2.27. The van der Waals surface area contributed by atoms with E-state index in [1.165, 1.54) is 25.7 Å². The second-order valence-electron chi connectivity index (χ2n) is 6.52. The largest absolute Gasteiger partial charge is 0.366 e. The normalized spacial score (nSPS) is 27.8. The Labute approximate surface area is 131 Å². The molecule has 4 nitrogen and oxygen atoms in total. The third kappa shape index (κ3) is 2.59. The predicted molar refractivity (Wildman–Crippen MR) is 88.7 cm³/mol. The Kier molecular flexibility index (Phi) is 3.54. The Hall–Kier alpha value is -1.94. The van der Waals surface area contributed by atoms with Crippen molar-refractivity contribution >= 4 is 5.82 Å². The van der Waals surface area contributed by atoms with Crippen LogP contribution in [0.1, 0.15) is 25.7 Å². The maximum absolute atomic E-state index is 4.74. The third-order valence-electron chi connectivity index (χ3n) is 5.15. The van der Waals surface area contributed by atoms with Crippen molar-refractivity contribution in [1.29, 1.82) is 0 Å². The first-order chi connectivity index (χ1) is 10.8. The van der Waals surface area contributed by atoms with Gasteiger partial charge in [0.15, 0.2) is 0 Å². The van der Waals surface area contributed by atoms with Crippen LogP contribution in [0, 0.1) is 0 Å². The first-order valence-corrected chi connectivity index (χ1v) is 8.15. The molecule has 0 amide bonds. The van der Waals surface area contributed by atoms with Gasteiger partial charge in [-0.1, -0.05) is 30.3 Å². The second kappa shape index (κ2) is 5.69. The van der Waals surface area contributed by atoms with Crippen molar-refractivity contribution < 1.29 is 0 Å². The standard InChI is InChI=1S/C18H22N4/c1-22-15-7-8-16(22)10-14(9-15)20-18-12-19-11-17(21-18)13-5-3-2-4-6-13/h2-6,11-12,14-16H,7-10H2,1H3,(H,20,21). The molecule has 1 N–H and O–H groups in total. The van der Waals surface area contributed by atoms with Gasteiger partial charge in [-0.3, -0.25) is 4.98 Å². The maximum Gasteiger partial charge on any atom is 0.145 e. The molecular weight excluding hydrogens is 272 g/mol. The molecule has 4 rings (SSSR count). The Morgan fingerprint density at radius 1 is 1.05 bits per heavy atom. The predicted octanol–water partition coefficient (Wildman–Crippen LogP) is 3.18. The van der Waals surface area contributed by atoms with E-state index in [9.17, 15) is 0 Å². The molecule has 1 aromatic carbocycles. The highest BCUT2D eigenvalue weighted by atomic mass is 15.2. The van der Waals surface area contributed by atoms with Crippen LogP contribution in [-0.2, 0) is 0 Å². The molecule has 4 heteroatoms. The zero-order chi connectivity index (χ0) is 14.9. The van der Waals surface area contributed by atoms with Gasteiger partial charge in [0.2, 0.25) is 0 Å². The van der Waals surface area contributed by atoms with Crippen molar-refractivity contribution in [2.45, 2.75) is 43.8 Å². The van der Waals surface area contributed by atoms with Crippen LogP contribution >= 0.6 is 0 Å². The Bertz CT molecular complexity index is 629. The monoisotopic (exact) mass is 294 g/mol. The number of piperidine rings is 1. The summed E-state index contributed by atoms with van der Waals surface area (Å²) in [5.74, 6) is 0.898. The van der Waals surface area contributed by atoms with E-state index in [1.807, 2.05) is 30.6 Å². The van der Waals surface area contributed by atoms with E-state index < -0.39 is 0 Å². The summed E-state index contributed by atoms with van der Waals surface area (Å²) in [5, 5.41) is 3.61. The van der Waals surface area contributed by atoms with E-state index in [0.717, 1.165) is 29.2 Å². The minimum absolute atomic E-state index is 0.522. The number of fused-ring (bicyclic) bond motifs is 2. The first-order valence-electron chi connectivity index (χ1n) is 8.15. The Morgan fingerprint density at radius 3 is 2.50 bits per heavy atom. The molecule has 2 bridgehead atoms. The van der Waals surface area contributed by atoms with Gasteiger partial charge in [0.1, 0.15) is 5.82 Å². The lowest BCUT2D eigenvalue weighted by Gasteiger charge is -2.36. The van der Waals surface area contributed by atoms with Crippen LogP contribution in [0.5, 0.6) is 0 Å². The first kappa shape index (κ1) is 13.7. The molecule has 2 aliphatic heterocycles. The molecule has 0 saturated carbocycles. The number of aromatic nitrogens is 2. The molecule has 2 atom stereocenters. The highest BCUT2D eigenvalue weighted by Crippen LogP contribution is 2.35. The van der Waals surface area contributed by atoms with Crippen molar-refractivity contribution in [2.75, 3.05) is 12.4 Å². The fourth-order valence-corrected chi connectivity index (χ4v) is 3.92. The number of nitrogens with zero attached hydrogens (tertiary/aromatic N) is 3. The average molecular weight is 294 g/mol. The summed E-state index contributed by atoms with van der Waals surface area (Å²) in [6.07, 6.45) is 8.78. The van der Waals surface area contributed by atoms with Crippen LogP contribution in [0.4, 0.5) is 5.82 Å². The van der Waals surface area contributed by atoms with E-state index in [1.54, 1.807) is 0 Å². The van der Waals surface area contributed by atoms with Gasteiger partial charge >= 0.3 is 0 Å². The minimum Gasteiger partial charge on any atom is -0.366 e. The van der Waals surface area contributed by atoms with Gasteiger partial charge < -0.3 is 10.2 Å². The third-order valence-corrected chi connectivity index (χ3v) is 5.15. The second-order valence-corrected chi connectivity index (χ2v) is 6.52. The van der Waals surface area contributed by atoms with E-state index in [2.05, 4.69) is 34.4 Å². The van der Waals surface area contributed by atoms with Crippen LogP contribution < -0.4 is 5.32 Å². The zero-order valence-corrected chi connectivity index (χ0v) is 12.9. The summed E-state index contributed by atoms with van der Waals surface area (Å²) in [6.45, 7) is 0. The SMILES string of the molecule is CN1C2CCC1CC(Nc1cncc(-c3ccccc3)n1)C2. The molecule has 2 fully saturated rings. The summed E-state index contributed by atoms with van der Waals surface area (Å²) >= 11 is 0. The number of rotatable bonds is 3. The van der Waals surface area contributed by atoms with E-state index in [0.29, 0.717) is 6.04 Å². The van der Waals surface area contributed by atoms with Crippen molar-refractivity contribution in [3.63, 3.8) is 0 Å². The number of hydrogen-bond acceptors (Lipinski definition) is 4. The molecule has 2 aliphatic rings. The van der Waals surface area contributed by atoms with Gasteiger partial charge in [-0.15, -0.1) is 0 Å². The van der Waals surface area contributed by atoms with Crippen molar-refractivity contribution in [2.24, 2.45) is 0 Å². The van der Waals surface area contributed by atoms with E-state index in [4.69, 9.17) is 4.98 Å². The van der Waals surface area contributed by atoms with Gasteiger partial charge in [0, 0.05) is 23.7 Å². The number of benzene rings is 1. The highest BCUT2D eigenvalue weighted by Gasteiger charge is 2.38. The number of nitrogens with one attached hydrogen (secondary N) is 1. The molecular formula is C18H22N4. The fraction of sp³-hybridized carbons (Fsp3) is 0.444. The van der Waals surface area contributed by atoms with Crippen LogP contribution in [0.15, 0.2) is 42.7 Å². The van der Waals surface area contributed by atoms with Crippen molar-refractivity contribution in [3.8, 4) is 11.3 Å². The number of anilines is 1. The molecule has 2 aromatic rings. The topological polar surface area (TPSA) is 41.0 Å². The lowest BCUT2D eigenvalue weighted by atomic mass is 9.98. The van der Waals surface area contributed by atoms with Gasteiger partial charge in [-0.05, 0) is 32.7 Å². The molecule has 1 aromatic heterocycles. The zero-order valence-electron chi connectivity index (χ0n) is 12.9. The van der Waals surface area contributed by atoms with E-state index >= 15 is 0 Å². The molecule has 22 heavy (non-hydrogen) atoms. The average Bonchev–Trinajstić information content (AvgIpc) is 2.77. The summed E-state index contributed by atoms with van der Waals surface area (Å²) < 4.78 is 0.